The van der Waals surface area contributed by atoms with Gasteiger partial charge in [-0.25, -0.2) is 0 Å². The highest BCUT2D eigenvalue weighted by Gasteiger charge is 2.24. The van der Waals surface area contributed by atoms with Crippen LogP contribution in [0.4, 0.5) is 0 Å². The molecule has 3 aliphatic rings. The molecule has 1 unspecified atom stereocenters. The van der Waals surface area contributed by atoms with E-state index in [1.54, 1.807) is 0 Å². The first-order valence-electron chi connectivity index (χ1n) is 11.7. The van der Waals surface area contributed by atoms with Crippen LogP contribution >= 0.6 is 0 Å². The Hall–Kier alpha value is -1.34. The lowest BCUT2D eigenvalue weighted by Gasteiger charge is -2.35. The zero-order valence-corrected chi connectivity index (χ0v) is 18.2. The van der Waals surface area contributed by atoms with Crippen LogP contribution in [0.1, 0.15) is 64.2 Å². The molecule has 1 aliphatic carbocycles. The second-order valence-electron chi connectivity index (χ2n) is 8.69. The molecule has 166 valence electrons. The van der Waals surface area contributed by atoms with Gasteiger partial charge in [0.1, 0.15) is 0 Å². The molecule has 7 heteroatoms. The summed E-state index contributed by atoms with van der Waals surface area (Å²) in [6, 6.07) is 0. The van der Waals surface area contributed by atoms with Crippen LogP contribution in [0.15, 0.2) is 4.99 Å². The molecule has 1 saturated carbocycles. The molecule has 1 amide bonds. The van der Waals surface area contributed by atoms with E-state index in [-0.39, 0.29) is 5.91 Å². The van der Waals surface area contributed by atoms with E-state index in [0.717, 1.165) is 51.5 Å². The number of nitrogens with one attached hydrogen (secondary N) is 2. The van der Waals surface area contributed by atoms with E-state index in [1.807, 2.05) is 7.05 Å². The van der Waals surface area contributed by atoms with Gasteiger partial charge in [0, 0.05) is 46.3 Å². The minimum Gasteiger partial charge on any atom is -0.376 e. The van der Waals surface area contributed by atoms with E-state index in [4.69, 9.17) is 9.47 Å². The first-order chi connectivity index (χ1) is 14.2. The lowest BCUT2D eigenvalue weighted by atomic mass is 10.0. The van der Waals surface area contributed by atoms with E-state index in [1.165, 1.54) is 38.5 Å². The van der Waals surface area contributed by atoms with Crippen LogP contribution in [-0.4, -0.2) is 75.4 Å². The van der Waals surface area contributed by atoms with Crippen molar-refractivity contribution in [2.75, 3.05) is 46.4 Å². The summed E-state index contributed by atoms with van der Waals surface area (Å²) in [4.78, 5) is 18.7. The molecule has 0 aromatic heterocycles. The first-order valence-corrected chi connectivity index (χ1v) is 11.7. The van der Waals surface area contributed by atoms with Crippen molar-refractivity contribution in [2.45, 2.75) is 76.4 Å². The van der Waals surface area contributed by atoms with Crippen molar-refractivity contribution >= 4 is 11.9 Å². The van der Waals surface area contributed by atoms with Gasteiger partial charge in [-0.05, 0) is 50.9 Å². The van der Waals surface area contributed by atoms with Crippen LogP contribution in [0, 0.1) is 5.92 Å². The Morgan fingerprint density at radius 3 is 2.45 bits per heavy atom. The zero-order chi connectivity index (χ0) is 20.3. The minimum atomic E-state index is 0.189. The number of aliphatic imine (C=N–C) groups is 1. The highest BCUT2D eigenvalue weighted by Crippen LogP contribution is 2.27. The molecule has 7 nitrogen and oxygen atoms in total. The Balaban J connectivity index is 1.26. The number of piperidine rings is 1. The lowest BCUT2D eigenvalue weighted by molar-refractivity contribution is -0.121. The van der Waals surface area contributed by atoms with Crippen LogP contribution in [-0.2, 0) is 14.3 Å². The van der Waals surface area contributed by atoms with Gasteiger partial charge in [0.25, 0.3) is 0 Å². The van der Waals surface area contributed by atoms with Crippen LogP contribution < -0.4 is 10.6 Å². The summed E-state index contributed by atoms with van der Waals surface area (Å²) in [7, 11) is 1.82. The number of likely N-dealkylation sites (tertiary alicyclic amines) is 1. The maximum atomic E-state index is 12.0. The maximum absolute atomic E-state index is 12.0. The van der Waals surface area contributed by atoms with Gasteiger partial charge < -0.3 is 25.0 Å². The fraction of sp³-hybridized carbons (Fsp3) is 0.909. The van der Waals surface area contributed by atoms with E-state index >= 15 is 0 Å². The maximum Gasteiger partial charge on any atom is 0.220 e. The van der Waals surface area contributed by atoms with Gasteiger partial charge in [-0.3, -0.25) is 9.79 Å². The van der Waals surface area contributed by atoms with Gasteiger partial charge in [-0.1, -0.05) is 12.8 Å². The molecule has 29 heavy (non-hydrogen) atoms. The van der Waals surface area contributed by atoms with Crippen molar-refractivity contribution in [3.05, 3.63) is 0 Å². The van der Waals surface area contributed by atoms with Crippen LogP contribution in [0.25, 0.3) is 0 Å². The van der Waals surface area contributed by atoms with Crippen LogP contribution in [0.5, 0.6) is 0 Å². The Bertz CT molecular complexity index is 508. The number of hydrogen-bond donors (Lipinski definition) is 2. The van der Waals surface area contributed by atoms with Crippen molar-refractivity contribution in [1.29, 1.82) is 0 Å². The van der Waals surface area contributed by atoms with Crippen LogP contribution in [0.2, 0.25) is 0 Å². The Kier molecular flexibility index (Phi) is 9.54. The Morgan fingerprint density at radius 1 is 1.03 bits per heavy atom. The molecule has 0 aromatic carbocycles. The third-order valence-electron chi connectivity index (χ3n) is 6.42. The predicted octanol–water partition coefficient (Wildman–Crippen LogP) is 2.31. The third kappa shape index (κ3) is 7.78. The zero-order valence-electron chi connectivity index (χ0n) is 18.2. The quantitative estimate of drug-likeness (QED) is 0.366. The number of carbonyl (C=O) groups excluding carboxylic acids is 1. The summed E-state index contributed by atoms with van der Waals surface area (Å²) in [5.41, 5.74) is 0. The number of ether oxygens (including phenoxy) is 2. The van der Waals surface area contributed by atoms with Crippen molar-refractivity contribution < 1.29 is 14.3 Å². The molecule has 2 N–H and O–H groups in total. The summed E-state index contributed by atoms with van der Waals surface area (Å²) >= 11 is 0. The lowest BCUT2D eigenvalue weighted by Crippen LogP contribution is -2.48. The van der Waals surface area contributed by atoms with E-state index in [2.05, 4.69) is 20.5 Å². The number of hydrogen-bond acceptors (Lipinski definition) is 4. The fourth-order valence-electron chi connectivity index (χ4n) is 4.67. The number of nitrogens with zero attached hydrogens (tertiary/aromatic N) is 2. The summed E-state index contributed by atoms with van der Waals surface area (Å²) in [5, 5.41) is 6.43. The summed E-state index contributed by atoms with van der Waals surface area (Å²) < 4.78 is 11.9. The van der Waals surface area contributed by atoms with Gasteiger partial charge in [0.05, 0.1) is 18.8 Å². The van der Waals surface area contributed by atoms with Gasteiger partial charge >= 0.3 is 0 Å². The molecule has 0 spiro atoms. The average Bonchev–Trinajstić information content (AvgIpc) is 3.26. The molecule has 0 aromatic rings. The highest BCUT2D eigenvalue weighted by molar-refractivity contribution is 5.80. The molecule has 3 fully saturated rings. The predicted molar refractivity (Wildman–Crippen MR) is 115 cm³/mol. The molecule has 2 heterocycles. The van der Waals surface area contributed by atoms with E-state index in [9.17, 15) is 4.79 Å². The Labute approximate surface area is 176 Å². The first kappa shape index (κ1) is 22.3. The van der Waals surface area contributed by atoms with Gasteiger partial charge in [-0.15, -0.1) is 0 Å². The summed E-state index contributed by atoms with van der Waals surface area (Å²) in [6.07, 6.45) is 11.9. The van der Waals surface area contributed by atoms with Gasteiger partial charge in [0.2, 0.25) is 5.91 Å². The monoisotopic (exact) mass is 408 g/mol. The molecule has 0 radical (unpaired) electrons. The fourth-order valence-corrected chi connectivity index (χ4v) is 4.67. The smallest absolute Gasteiger partial charge is 0.220 e. The third-order valence-corrected chi connectivity index (χ3v) is 6.42. The molecule has 2 aliphatic heterocycles. The largest absolute Gasteiger partial charge is 0.376 e. The summed E-state index contributed by atoms with van der Waals surface area (Å²) in [5.74, 6) is 1.71. The van der Waals surface area contributed by atoms with Gasteiger partial charge in [0.15, 0.2) is 5.96 Å². The second kappa shape index (κ2) is 12.4. The van der Waals surface area contributed by atoms with Crippen molar-refractivity contribution in [1.82, 2.24) is 15.5 Å². The molecule has 0 bridgehead atoms. The van der Waals surface area contributed by atoms with Crippen molar-refractivity contribution in [3.8, 4) is 0 Å². The second-order valence-corrected chi connectivity index (χ2v) is 8.69. The molecular weight excluding hydrogens is 368 g/mol. The average molecular weight is 409 g/mol. The Morgan fingerprint density at radius 2 is 1.76 bits per heavy atom. The minimum absolute atomic E-state index is 0.189. The molecule has 1 atom stereocenters. The number of rotatable bonds is 8. The molecular formula is C22H40N4O3. The molecule has 3 rings (SSSR count). The topological polar surface area (TPSA) is 75.2 Å². The summed E-state index contributed by atoms with van der Waals surface area (Å²) in [6.45, 7) is 4.87. The SMILES string of the molecule is CN=C(NCCNC(=O)CC1CCCC1)N1CCC(OCC2CCCCO2)CC1. The standard InChI is InChI=1S/C22H40N4O3/c1-23-22(25-12-11-24-21(27)16-18-6-2-3-7-18)26-13-9-19(10-14-26)29-17-20-8-4-5-15-28-20/h18-20H,2-17H2,1H3,(H,23,25)(H,24,27). The highest BCUT2D eigenvalue weighted by atomic mass is 16.5. The van der Waals surface area contributed by atoms with E-state index < -0.39 is 0 Å². The normalized spacial score (nSPS) is 24.7. The number of amides is 1. The van der Waals surface area contributed by atoms with Crippen LogP contribution in [0.3, 0.4) is 0 Å². The number of carbonyl (C=O) groups is 1. The van der Waals surface area contributed by atoms with Crippen molar-refractivity contribution in [2.24, 2.45) is 10.9 Å². The molecule has 2 saturated heterocycles. The van der Waals surface area contributed by atoms with Gasteiger partial charge in [-0.2, -0.15) is 0 Å². The van der Waals surface area contributed by atoms with E-state index in [0.29, 0.717) is 37.6 Å². The number of guanidine groups is 1. The van der Waals surface area contributed by atoms with Crippen molar-refractivity contribution in [3.63, 3.8) is 0 Å².